The summed E-state index contributed by atoms with van der Waals surface area (Å²) < 4.78 is 0. The van der Waals surface area contributed by atoms with Gasteiger partial charge in [0.15, 0.2) is 0 Å². The van der Waals surface area contributed by atoms with Gasteiger partial charge in [-0.25, -0.2) is 0 Å². The lowest BCUT2D eigenvalue weighted by atomic mass is 9.90. The molecule has 8 rings (SSSR count). The minimum absolute atomic E-state index is 1.14. The summed E-state index contributed by atoms with van der Waals surface area (Å²) in [6, 6.07) is 55.0. The van der Waals surface area contributed by atoms with E-state index in [4.69, 9.17) is 0 Å². The SMILES string of the molecule is c1ccc(N(c2ccc(-c3ccc4ccc5cccc6ccc3c4c56)cc2)c2ccc3ccccc3c2)cc1. The highest BCUT2D eigenvalue weighted by Crippen LogP contribution is 2.41. The molecule has 0 spiro atoms. The van der Waals surface area contributed by atoms with Crippen molar-refractivity contribution in [2.45, 2.75) is 0 Å². The Hall–Kier alpha value is -5.14. The van der Waals surface area contributed by atoms with Gasteiger partial charge in [-0.2, -0.15) is 0 Å². The Bertz CT molecular complexity index is 2090. The van der Waals surface area contributed by atoms with Gasteiger partial charge in [-0.05, 0) is 90.6 Å². The van der Waals surface area contributed by atoms with Gasteiger partial charge in [0.2, 0.25) is 0 Å². The molecule has 1 heteroatoms. The first-order valence-electron chi connectivity index (χ1n) is 13.4. The van der Waals surface area contributed by atoms with Crippen molar-refractivity contribution in [3.05, 3.63) is 152 Å². The second-order valence-corrected chi connectivity index (χ2v) is 10.2. The van der Waals surface area contributed by atoms with Crippen LogP contribution >= 0.6 is 0 Å². The van der Waals surface area contributed by atoms with Crippen molar-refractivity contribution in [3.63, 3.8) is 0 Å². The van der Waals surface area contributed by atoms with E-state index in [-0.39, 0.29) is 0 Å². The van der Waals surface area contributed by atoms with Crippen molar-refractivity contribution >= 4 is 60.2 Å². The third kappa shape index (κ3) is 3.55. The molecule has 39 heavy (non-hydrogen) atoms. The summed E-state index contributed by atoms with van der Waals surface area (Å²) in [5.41, 5.74) is 5.92. The molecule has 1 nitrogen and oxygen atoms in total. The Kier molecular flexibility index (Phi) is 4.89. The molecular weight excluding hydrogens is 470 g/mol. The van der Waals surface area contributed by atoms with Crippen LogP contribution in [0.2, 0.25) is 0 Å². The van der Waals surface area contributed by atoms with Crippen LogP contribution in [0.4, 0.5) is 17.1 Å². The maximum Gasteiger partial charge on any atom is 0.0468 e. The first kappa shape index (κ1) is 21.9. The van der Waals surface area contributed by atoms with E-state index in [1.54, 1.807) is 0 Å². The van der Waals surface area contributed by atoms with Crippen LogP contribution in [-0.4, -0.2) is 0 Å². The molecule has 8 aromatic rings. The minimum Gasteiger partial charge on any atom is -0.310 e. The Morgan fingerprint density at radius 1 is 0.333 bits per heavy atom. The van der Waals surface area contributed by atoms with E-state index in [0.29, 0.717) is 0 Å². The normalized spacial score (nSPS) is 11.6. The number of nitrogens with zero attached hydrogens (tertiary/aromatic N) is 1. The fourth-order valence-corrected chi connectivity index (χ4v) is 6.12. The molecule has 0 atom stereocenters. The molecule has 0 bridgehead atoms. The number of anilines is 3. The van der Waals surface area contributed by atoms with Crippen molar-refractivity contribution < 1.29 is 0 Å². The van der Waals surface area contributed by atoms with Gasteiger partial charge >= 0.3 is 0 Å². The molecule has 0 aliphatic carbocycles. The zero-order chi connectivity index (χ0) is 25.8. The third-order valence-electron chi connectivity index (χ3n) is 7.97. The molecule has 0 radical (unpaired) electrons. The number of hydrogen-bond acceptors (Lipinski definition) is 1. The predicted molar refractivity (Wildman–Crippen MR) is 168 cm³/mol. The molecular formula is C38H25N. The van der Waals surface area contributed by atoms with Gasteiger partial charge in [-0.15, -0.1) is 0 Å². The van der Waals surface area contributed by atoms with Crippen molar-refractivity contribution in [1.29, 1.82) is 0 Å². The van der Waals surface area contributed by atoms with E-state index in [9.17, 15) is 0 Å². The van der Waals surface area contributed by atoms with Gasteiger partial charge in [0.25, 0.3) is 0 Å². The van der Waals surface area contributed by atoms with E-state index in [2.05, 4.69) is 157 Å². The van der Waals surface area contributed by atoms with E-state index in [0.717, 1.165) is 17.1 Å². The van der Waals surface area contributed by atoms with Gasteiger partial charge in [0, 0.05) is 17.1 Å². The van der Waals surface area contributed by atoms with Crippen LogP contribution in [0.25, 0.3) is 54.2 Å². The minimum atomic E-state index is 1.14. The Labute approximate surface area is 227 Å². The van der Waals surface area contributed by atoms with E-state index in [1.165, 1.54) is 54.2 Å². The Morgan fingerprint density at radius 2 is 0.897 bits per heavy atom. The topological polar surface area (TPSA) is 3.24 Å². The van der Waals surface area contributed by atoms with Crippen molar-refractivity contribution in [2.75, 3.05) is 4.90 Å². The van der Waals surface area contributed by atoms with Gasteiger partial charge in [0.05, 0.1) is 0 Å². The smallest absolute Gasteiger partial charge is 0.0468 e. The average Bonchev–Trinajstić information content (AvgIpc) is 3.01. The summed E-state index contributed by atoms with van der Waals surface area (Å²) in [5, 5.41) is 10.4. The first-order chi connectivity index (χ1) is 19.3. The molecule has 0 amide bonds. The fraction of sp³-hybridized carbons (Fsp3) is 0. The summed E-state index contributed by atoms with van der Waals surface area (Å²) in [7, 11) is 0. The highest BCUT2D eigenvalue weighted by atomic mass is 15.1. The number of fused-ring (bicyclic) bond motifs is 1. The molecule has 0 saturated heterocycles. The molecule has 0 aliphatic heterocycles. The summed E-state index contributed by atoms with van der Waals surface area (Å²) in [5.74, 6) is 0. The maximum atomic E-state index is 2.33. The molecule has 0 N–H and O–H groups in total. The molecule has 0 unspecified atom stereocenters. The fourth-order valence-electron chi connectivity index (χ4n) is 6.12. The van der Waals surface area contributed by atoms with Crippen LogP contribution in [0.15, 0.2) is 152 Å². The van der Waals surface area contributed by atoms with Gasteiger partial charge in [0.1, 0.15) is 0 Å². The summed E-state index contributed by atoms with van der Waals surface area (Å²) in [6.07, 6.45) is 0. The van der Waals surface area contributed by atoms with E-state index < -0.39 is 0 Å². The van der Waals surface area contributed by atoms with Crippen LogP contribution in [0.1, 0.15) is 0 Å². The zero-order valence-corrected chi connectivity index (χ0v) is 21.4. The van der Waals surface area contributed by atoms with Crippen LogP contribution in [0, 0.1) is 0 Å². The number of rotatable bonds is 4. The Balaban J connectivity index is 1.27. The van der Waals surface area contributed by atoms with Crippen LogP contribution < -0.4 is 4.90 Å². The standard InChI is InChI=1S/C38H25N/c1-2-11-32(12-3-1)39(34-22-15-26-7-4-5-8-31(26)25-34)33-20-16-27(17-21-33)35-23-18-30-14-13-28-9-6-10-29-19-24-36(35)38(30)37(28)29/h1-25H. The second kappa shape index (κ2) is 8.72. The second-order valence-electron chi connectivity index (χ2n) is 10.2. The molecule has 0 aromatic heterocycles. The number of benzene rings is 8. The molecule has 0 saturated carbocycles. The highest BCUT2D eigenvalue weighted by molar-refractivity contribution is 6.25. The lowest BCUT2D eigenvalue weighted by Crippen LogP contribution is -2.09. The maximum absolute atomic E-state index is 2.33. The van der Waals surface area contributed by atoms with Gasteiger partial charge in [-0.3, -0.25) is 0 Å². The predicted octanol–water partition coefficient (Wildman–Crippen LogP) is 10.9. The third-order valence-corrected chi connectivity index (χ3v) is 7.97. The van der Waals surface area contributed by atoms with Gasteiger partial charge < -0.3 is 4.90 Å². The molecule has 182 valence electrons. The van der Waals surface area contributed by atoms with Crippen LogP contribution in [0.5, 0.6) is 0 Å². The lowest BCUT2D eigenvalue weighted by Gasteiger charge is -2.26. The van der Waals surface area contributed by atoms with Crippen molar-refractivity contribution in [1.82, 2.24) is 0 Å². The largest absolute Gasteiger partial charge is 0.310 e. The average molecular weight is 496 g/mol. The van der Waals surface area contributed by atoms with Crippen molar-refractivity contribution in [3.8, 4) is 11.1 Å². The number of para-hydroxylation sites is 1. The van der Waals surface area contributed by atoms with Crippen LogP contribution in [-0.2, 0) is 0 Å². The Morgan fingerprint density at radius 3 is 1.69 bits per heavy atom. The van der Waals surface area contributed by atoms with E-state index >= 15 is 0 Å². The summed E-state index contributed by atoms with van der Waals surface area (Å²) in [4.78, 5) is 2.33. The summed E-state index contributed by atoms with van der Waals surface area (Å²) in [6.45, 7) is 0. The quantitative estimate of drug-likeness (QED) is 0.219. The molecule has 0 fully saturated rings. The highest BCUT2D eigenvalue weighted by Gasteiger charge is 2.15. The first-order valence-corrected chi connectivity index (χ1v) is 13.4. The van der Waals surface area contributed by atoms with Crippen LogP contribution in [0.3, 0.4) is 0 Å². The number of hydrogen-bond donors (Lipinski definition) is 0. The summed E-state index contributed by atoms with van der Waals surface area (Å²) >= 11 is 0. The van der Waals surface area contributed by atoms with Gasteiger partial charge in [-0.1, -0.05) is 115 Å². The van der Waals surface area contributed by atoms with E-state index in [1.807, 2.05) is 0 Å². The molecule has 0 heterocycles. The zero-order valence-electron chi connectivity index (χ0n) is 21.4. The van der Waals surface area contributed by atoms with Crippen molar-refractivity contribution in [2.24, 2.45) is 0 Å². The lowest BCUT2D eigenvalue weighted by molar-refractivity contribution is 1.29. The molecule has 8 aromatic carbocycles. The monoisotopic (exact) mass is 495 g/mol. The molecule has 0 aliphatic rings.